The van der Waals surface area contributed by atoms with E-state index in [9.17, 15) is 4.79 Å². The molecule has 1 aromatic carbocycles. The number of carbonyl (C=O) groups is 1. The first-order valence-corrected chi connectivity index (χ1v) is 8.94. The summed E-state index contributed by atoms with van der Waals surface area (Å²) in [4.78, 5) is 16.3. The maximum atomic E-state index is 12.3. The average molecular weight is 352 g/mol. The van der Waals surface area contributed by atoms with E-state index in [-0.39, 0.29) is 6.09 Å². The Balaban J connectivity index is 1.44. The summed E-state index contributed by atoms with van der Waals surface area (Å²) < 4.78 is 7.37. The number of ether oxygens (including phenoxy) is 1. The topological polar surface area (TPSA) is 50.6 Å². The monoisotopic (exact) mass is 352 g/mol. The standard InChI is InChI=1S/C20H24N4O2/c1-20(2,3)26-19(25)23-12-15-10-22(11-16(15)13-23)18-9-21-24(14-18)17-7-5-4-6-8-17/h4-10,14,16H,11-13H2,1-3H3. The summed E-state index contributed by atoms with van der Waals surface area (Å²) in [6.45, 7) is 7.91. The lowest BCUT2D eigenvalue weighted by atomic mass is 10.1. The van der Waals surface area contributed by atoms with Crippen LogP contribution < -0.4 is 4.90 Å². The van der Waals surface area contributed by atoms with Crippen molar-refractivity contribution in [3.05, 3.63) is 54.5 Å². The molecule has 0 spiro atoms. The summed E-state index contributed by atoms with van der Waals surface area (Å²) >= 11 is 0. The van der Waals surface area contributed by atoms with Gasteiger partial charge in [-0.15, -0.1) is 0 Å². The first kappa shape index (κ1) is 16.7. The molecule has 2 aliphatic rings. The molecule has 1 amide bonds. The first-order valence-electron chi connectivity index (χ1n) is 8.94. The molecular weight excluding hydrogens is 328 g/mol. The third-order valence-electron chi connectivity index (χ3n) is 4.65. The molecule has 1 aromatic heterocycles. The van der Waals surface area contributed by atoms with Crippen molar-refractivity contribution in [2.24, 2.45) is 5.92 Å². The number of hydrogen-bond donors (Lipinski definition) is 0. The highest BCUT2D eigenvalue weighted by Crippen LogP contribution is 2.33. The van der Waals surface area contributed by atoms with E-state index in [2.05, 4.69) is 16.2 Å². The molecule has 1 fully saturated rings. The number of rotatable bonds is 2. The molecular formula is C20H24N4O2. The zero-order valence-corrected chi connectivity index (χ0v) is 15.4. The minimum Gasteiger partial charge on any atom is -0.444 e. The highest BCUT2D eigenvalue weighted by molar-refractivity contribution is 5.70. The van der Waals surface area contributed by atoms with E-state index >= 15 is 0 Å². The molecule has 0 radical (unpaired) electrons. The molecule has 0 aliphatic carbocycles. The van der Waals surface area contributed by atoms with Crippen LogP contribution in [0.15, 0.2) is 54.5 Å². The second-order valence-corrected chi connectivity index (χ2v) is 7.89. The van der Waals surface area contributed by atoms with E-state index in [1.54, 1.807) is 4.90 Å². The number of nitrogens with zero attached hydrogens (tertiary/aromatic N) is 4. The maximum absolute atomic E-state index is 12.3. The molecule has 26 heavy (non-hydrogen) atoms. The minimum atomic E-state index is -0.457. The molecule has 0 bridgehead atoms. The van der Waals surface area contributed by atoms with E-state index in [1.807, 2.05) is 68.2 Å². The van der Waals surface area contributed by atoms with Gasteiger partial charge in [-0.25, -0.2) is 9.48 Å². The van der Waals surface area contributed by atoms with Crippen LogP contribution in [0.5, 0.6) is 0 Å². The SMILES string of the molecule is CC(C)(C)OC(=O)N1CC2=CN(c3cnn(-c4ccccc4)c3)CC2C1. The summed E-state index contributed by atoms with van der Waals surface area (Å²) in [5.74, 6) is 0.364. The van der Waals surface area contributed by atoms with E-state index in [4.69, 9.17) is 4.74 Å². The van der Waals surface area contributed by atoms with E-state index in [0.717, 1.165) is 17.9 Å². The molecule has 2 aliphatic heterocycles. The van der Waals surface area contributed by atoms with E-state index < -0.39 is 5.60 Å². The second-order valence-electron chi connectivity index (χ2n) is 7.89. The number of likely N-dealkylation sites (tertiary alicyclic amines) is 1. The van der Waals surface area contributed by atoms with Gasteiger partial charge in [0.25, 0.3) is 0 Å². The van der Waals surface area contributed by atoms with Gasteiger partial charge in [-0.1, -0.05) is 18.2 Å². The zero-order chi connectivity index (χ0) is 18.3. The number of fused-ring (bicyclic) bond motifs is 1. The van der Waals surface area contributed by atoms with Crippen LogP contribution in [0.4, 0.5) is 10.5 Å². The normalized spacial score (nSPS) is 19.5. The number of anilines is 1. The molecule has 136 valence electrons. The fourth-order valence-corrected chi connectivity index (χ4v) is 3.44. The molecule has 4 rings (SSSR count). The minimum absolute atomic E-state index is 0.226. The van der Waals surface area contributed by atoms with Crippen LogP contribution in [0.25, 0.3) is 5.69 Å². The van der Waals surface area contributed by atoms with Gasteiger partial charge in [0.1, 0.15) is 5.60 Å². The van der Waals surface area contributed by atoms with Crippen molar-refractivity contribution in [1.29, 1.82) is 0 Å². The Hall–Kier alpha value is -2.76. The summed E-state index contributed by atoms with van der Waals surface area (Å²) in [6, 6.07) is 10.1. The predicted molar refractivity (Wildman–Crippen MR) is 100 cm³/mol. The van der Waals surface area contributed by atoms with Crippen LogP contribution in [0.1, 0.15) is 20.8 Å². The second kappa shape index (κ2) is 6.20. The van der Waals surface area contributed by atoms with Crippen molar-refractivity contribution in [1.82, 2.24) is 14.7 Å². The summed E-state index contributed by atoms with van der Waals surface area (Å²) in [5.41, 5.74) is 2.94. The summed E-state index contributed by atoms with van der Waals surface area (Å²) in [5, 5.41) is 4.47. The molecule has 6 nitrogen and oxygen atoms in total. The average Bonchev–Trinajstić information content (AvgIpc) is 3.28. The quantitative estimate of drug-likeness (QED) is 0.831. The zero-order valence-electron chi connectivity index (χ0n) is 15.4. The van der Waals surface area contributed by atoms with Crippen molar-refractivity contribution < 1.29 is 9.53 Å². The van der Waals surface area contributed by atoms with Crippen LogP contribution in [-0.2, 0) is 4.74 Å². The summed E-state index contributed by atoms with van der Waals surface area (Å²) in [7, 11) is 0. The number of benzene rings is 1. The van der Waals surface area contributed by atoms with Crippen molar-refractivity contribution >= 4 is 11.8 Å². The van der Waals surface area contributed by atoms with Gasteiger partial charge >= 0.3 is 6.09 Å². The number of para-hydroxylation sites is 1. The molecule has 3 heterocycles. The van der Waals surface area contributed by atoms with E-state index in [1.165, 1.54) is 5.57 Å². The van der Waals surface area contributed by atoms with Crippen LogP contribution in [0, 0.1) is 5.92 Å². The van der Waals surface area contributed by atoms with Gasteiger partial charge in [-0.3, -0.25) is 0 Å². The maximum Gasteiger partial charge on any atom is 0.410 e. The van der Waals surface area contributed by atoms with Crippen LogP contribution >= 0.6 is 0 Å². The fourth-order valence-electron chi connectivity index (χ4n) is 3.44. The molecule has 1 saturated heterocycles. The number of carbonyl (C=O) groups excluding carboxylic acids is 1. The number of hydrogen-bond acceptors (Lipinski definition) is 4. The fraction of sp³-hybridized carbons (Fsp3) is 0.400. The van der Waals surface area contributed by atoms with Crippen LogP contribution in [0.3, 0.4) is 0 Å². The molecule has 2 aromatic rings. The molecule has 1 atom stereocenters. The van der Waals surface area contributed by atoms with Gasteiger partial charge in [0.05, 0.1) is 23.8 Å². The van der Waals surface area contributed by atoms with Crippen LogP contribution in [-0.4, -0.2) is 46.0 Å². The Bertz CT molecular complexity index is 835. The van der Waals surface area contributed by atoms with Gasteiger partial charge in [-0.2, -0.15) is 5.10 Å². The third-order valence-corrected chi connectivity index (χ3v) is 4.65. The first-order chi connectivity index (χ1) is 12.4. The van der Waals surface area contributed by atoms with Gasteiger partial charge in [-0.05, 0) is 38.5 Å². The smallest absolute Gasteiger partial charge is 0.410 e. The molecule has 6 heteroatoms. The van der Waals surface area contributed by atoms with Gasteiger partial charge < -0.3 is 14.5 Å². The Kier molecular flexibility index (Phi) is 3.98. The Morgan fingerprint density at radius 3 is 2.62 bits per heavy atom. The van der Waals surface area contributed by atoms with Crippen molar-refractivity contribution in [2.75, 3.05) is 24.5 Å². The lowest BCUT2D eigenvalue weighted by Gasteiger charge is -2.25. The lowest BCUT2D eigenvalue weighted by Crippen LogP contribution is -2.36. The molecule has 1 unspecified atom stereocenters. The molecule has 0 saturated carbocycles. The van der Waals surface area contributed by atoms with Crippen molar-refractivity contribution in [2.45, 2.75) is 26.4 Å². The van der Waals surface area contributed by atoms with E-state index in [0.29, 0.717) is 19.0 Å². The van der Waals surface area contributed by atoms with Gasteiger partial charge in [0, 0.05) is 31.8 Å². The Morgan fingerprint density at radius 2 is 1.92 bits per heavy atom. The van der Waals surface area contributed by atoms with Crippen molar-refractivity contribution in [3.8, 4) is 5.69 Å². The Labute approximate surface area is 153 Å². The van der Waals surface area contributed by atoms with Gasteiger partial charge in [0.15, 0.2) is 0 Å². The summed E-state index contributed by atoms with van der Waals surface area (Å²) in [6.07, 6.45) is 5.85. The Morgan fingerprint density at radius 1 is 1.15 bits per heavy atom. The van der Waals surface area contributed by atoms with Crippen LogP contribution in [0.2, 0.25) is 0 Å². The molecule has 0 N–H and O–H groups in total. The number of amides is 1. The highest BCUT2D eigenvalue weighted by atomic mass is 16.6. The third kappa shape index (κ3) is 3.31. The van der Waals surface area contributed by atoms with Crippen molar-refractivity contribution in [3.63, 3.8) is 0 Å². The number of aromatic nitrogens is 2. The van der Waals surface area contributed by atoms with Gasteiger partial charge in [0.2, 0.25) is 0 Å². The highest BCUT2D eigenvalue weighted by Gasteiger charge is 2.37. The largest absolute Gasteiger partial charge is 0.444 e. The predicted octanol–water partition coefficient (Wildman–Crippen LogP) is 3.44. The lowest BCUT2D eigenvalue weighted by molar-refractivity contribution is 0.0291.